The van der Waals surface area contributed by atoms with E-state index in [1.54, 1.807) is 0 Å². The van der Waals surface area contributed by atoms with Crippen molar-refractivity contribution in [2.75, 3.05) is 13.7 Å². The molecule has 2 N–H and O–H groups in total. The molecule has 2 unspecified atom stereocenters. The van der Waals surface area contributed by atoms with Crippen LogP contribution in [0.25, 0.3) is 5.84 Å². The van der Waals surface area contributed by atoms with Crippen LogP contribution in [-0.2, 0) is 4.74 Å². The number of rotatable bonds is 1. The Kier molecular flexibility index (Phi) is 2.45. The van der Waals surface area contributed by atoms with Gasteiger partial charge in [0.15, 0.2) is 6.23 Å². The maximum atomic E-state index is 7.26. The second-order valence-electron chi connectivity index (χ2n) is 2.54. The van der Waals surface area contributed by atoms with Crippen molar-refractivity contribution in [2.45, 2.75) is 25.5 Å². The first-order chi connectivity index (χ1) is 4.30. The Balaban J connectivity index is 2.23. The third-order valence-corrected chi connectivity index (χ3v) is 1.66. The van der Waals surface area contributed by atoms with Crippen LogP contribution >= 0.6 is 0 Å². The van der Waals surface area contributed by atoms with Crippen LogP contribution in [0, 0.1) is 0 Å². The lowest BCUT2D eigenvalue weighted by Crippen LogP contribution is -3.07. The summed E-state index contributed by atoms with van der Waals surface area (Å²) in [6.45, 7) is 0.848. The van der Waals surface area contributed by atoms with Gasteiger partial charge >= 0.3 is 0 Å². The molecule has 1 saturated heterocycles. The van der Waals surface area contributed by atoms with Crippen LogP contribution in [0.5, 0.6) is 0 Å². The minimum Gasteiger partial charge on any atom is -0.468 e. The Morgan fingerprint density at radius 3 is 2.67 bits per heavy atom. The summed E-state index contributed by atoms with van der Waals surface area (Å²) in [6, 6.07) is 0. The molecule has 0 saturated carbocycles. The number of hydrogen-bond donors (Lipinski definition) is 1. The minimum absolute atomic E-state index is 0.138. The summed E-state index contributed by atoms with van der Waals surface area (Å²) in [7, 11) is 1.82. The van der Waals surface area contributed by atoms with Gasteiger partial charge in [0.25, 0.3) is 0 Å². The lowest BCUT2D eigenvalue weighted by molar-refractivity contribution is -0.883. The summed E-state index contributed by atoms with van der Waals surface area (Å²) in [5.41, 5.74) is 0. The average molecular weight is 130 g/mol. The molecular weight excluding hydrogens is 116 g/mol. The quantitative estimate of drug-likeness (QED) is 0.498. The first-order valence-electron chi connectivity index (χ1n) is 3.47. The summed E-state index contributed by atoms with van der Waals surface area (Å²) >= 11 is 0. The molecule has 1 aliphatic rings. The Bertz CT molecular complexity index is 79.1. The molecule has 9 heavy (non-hydrogen) atoms. The molecule has 54 valence electrons. The van der Waals surface area contributed by atoms with Crippen LogP contribution in [0.2, 0.25) is 0 Å². The van der Waals surface area contributed by atoms with E-state index in [-0.39, 0.29) is 6.23 Å². The third-order valence-electron chi connectivity index (χ3n) is 1.66. The molecule has 0 aromatic heterocycles. The number of nitrogens with one attached hydrogen (secondary N) is 2. The van der Waals surface area contributed by atoms with E-state index >= 15 is 0 Å². The Labute approximate surface area is 55.7 Å². The van der Waals surface area contributed by atoms with Gasteiger partial charge in [-0.15, -0.1) is 0 Å². The predicted molar refractivity (Wildman–Crippen MR) is 34.8 cm³/mol. The normalized spacial score (nSPS) is 32.0. The van der Waals surface area contributed by atoms with E-state index in [1.807, 2.05) is 7.05 Å². The highest BCUT2D eigenvalue weighted by Gasteiger charge is 2.15. The summed E-state index contributed by atoms with van der Waals surface area (Å²) in [4.78, 5) is 0. The monoisotopic (exact) mass is 130 g/mol. The van der Waals surface area contributed by atoms with E-state index in [2.05, 4.69) is 0 Å². The van der Waals surface area contributed by atoms with Crippen LogP contribution < -0.4 is 5.01 Å². The highest BCUT2D eigenvalue weighted by atomic mass is 16.5. The summed E-state index contributed by atoms with van der Waals surface area (Å²) in [6.07, 6.45) is 3.58. The fraction of sp³-hybridized carbons (Fsp3) is 1.00. The van der Waals surface area contributed by atoms with E-state index in [1.165, 1.54) is 12.8 Å². The van der Waals surface area contributed by atoms with Crippen LogP contribution in [0.4, 0.5) is 0 Å². The molecule has 0 aromatic rings. The van der Waals surface area contributed by atoms with Crippen molar-refractivity contribution in [3.63, 3.8) is 0 Å². The van der Waals surface area contributed by atoms with Gasteiger partial charge in [-0.25, -0.2) is 0 Å². The number of hydrogen-bond acceptors (Lipinski definition) is 1. The first kappa shape index (κ1) is 6.99. The molecule has 2 atom stereocenters. The SMILES string of the molecule is C[NH+]([NH-])C1CCCCO1. The van der Waals surface area contributed by atoms with Crippen LogP contribution in [0.3, 0.4) is 0 Å². The van der Waals surface area contributed by atoms with Crippen molar-refractivity contribution in [2.24, 2.45) is 0 Å². The molecule has 3 heteroatoms. The van der Waals surface area contributed by atoms with Crippen molar-refractivity contribution < 1.29 is 9.75 Å². The van der Waals surface area contributed by atoms with Gasteiger partial charge < -0.3 is 15.6 Å². The van der Waals surface area contributed by atoms with Gasteiger partial charge in [0, 0.05) is 6.42 Å². The lowest BCUT2D eigenvalue weighted by Gasteiger charge is -2.29. The van der Waals surface area contributed by atoms with Crippen molar-refractivity contribution in [3.05, 3.63) is 5.84 Å². The number of quaternary nitrogens is 1. The molecule has 3 nitrogen and oxygen atoms in total. The number of ether oxygens (including phenoxy) is 1. The van der Waals surface area contributed by atoms with Gasteiger partial charge in [-0.2, -0.15) is 0 Å². The molecule has 0 amide bonds. The topological polar surface area (TPSA) is 37.5 Å². The van der Waals surface area contributed by atoms with Gasteiger partial charge in [-0.1, -0.05) is 0 Å². The smallest absolute Gasteiger partial charge is 0.182 e. The van der Waals surface area contributed by atoms with E-state index in [9.17, 15) is 0 Å². The van der Waals surface area contributed by atoms with E-state index in [4.69, 9.17) is 10.6 Å². The van der Waals surface area contributed by atoms with E-state index in [0.29, 0.717) is 5.01 Å². The average Bonchev–Trinajstić information content (AvgIpc) is 1.90. The van der Waals surface area contributed by atoms with Gasteiger partial charge in [-0.3, -0.25) is 0 Å². The van der Waals surface area contributed by atoms with Gasteiger partial charge in [-0.05, 0) is 12.8 Å². The predicted octanol–water partition coefficient (Wildman–Crippen LogP) is -0.00510. The molecule has 1 rings (SSSR count). The van der Waals surface area contributed by atoms with Crippen LogP contribution in [0.15, 0.2) is 0 Å². The lowest BCUT2D eigenvalue weighted by atomic mass is 10.2. The second-order valence-corrected chi connectivity index (χ2v) is 2.54. The molecule has 1 fully saturated rings. The zero-order chi connectivity index (χ0) is 6.69. The van der Waals surface area contributed by atoms with Crippen molar-refractivity contribution in [3.8, 4) is 0 Å². The van der Waals surface area contributed by atoms with Gasteiger partial charge in [0.1, 0.15) is 0 Å². The molecule has 0 spiro atoms. The fourth-order valence-corrected chi connectivity index (χ4v) is 1.08. The zero-order valence-electron chi connectivity index (χ0n) is 5.81. The molecule has 0 aliphatic carbocycles. The van der Waals surface area contributed by atoms with Crippen molar-refractivity contribution in [1.82, 2.24) is 0 Å². The van der Waals surface area contributed by atoms with Crippen molar-refractivity contribution >= 4 is 0 Å². The minimum atomic E-state index is 0.138. The Morgan fingerprint density at radius 2 is 2.33 bits per heavy atom. The molecule has 0 bridgehead atoms. The standard InChI is InChI=1S/C6H14N2O/c1-8(7)6-4-2-3-5-9-6/h6-8H,2-5H2,1H3. The summed E-state index contributed by atoms with van der Waals surface area (Å²) < 4.78 is 5.31. The molecule has 1 aliphatic heterocycles. The maximum Gasteiger partial charge on any atom is 0.182 e. The van der Waals surface area contributed by atoms with E-state index < -0.39 is 0 Å². The highest BCUT2D eigenvalue weighted by molar-refractivity contribution is 4.51. The fourth-order valence-electron chi connectivity index (χ4n) is 1.08. The van der Waals surface area contributed by atoms with Crippen LogP contribution in [0.1, 0.15) is 19.3 Å². The Morgan fingerprint density at radius 1 is 1.56 bits per heavy atom. The highest BCUT2D eigenvalue weighted by Crippen LogP contribution is 2.07. The molecule has 0 aromatic carbocycles. The van der Waals surface area contributed by atoms with Gasteiger partial charge in [0.2, 0.25) is 0 Å². The second kappa shape index (κ2) is 3.15. The third kappa shape index (κ3) is 1.93. The van der Waals surface area contributed by atoms with Crippen LogP contribution in [-0.4, -0.2) is 19.9 Å². The Hall–Kier alpha value is -0.120. The van der Waals surface area contributed by atoms with E-state index in [0.717, 1.165) is 13.0 Å². The summed E-state index contributed by atoms with van der Waals surface area (Å²) in [5, 5.41) is 0.676. The van der Waals surface area contributed by atoms with Crippen molar-refractivity contribution in [1.29, 1.82) is 0 Å². The molecule has 0 radical (unpaired) electrons. The first-order valence-corrected chi connectivity index (χ1v) is 3.47. The largest absolute Gasteiger partial charge is 0.468 e. The van der Waals surface area contributed by atoms with Gasteiger partial charge in [0.05, 0.1) is 13.7 Å². The maximum absolute atomic E-state index is 7.26. The summed E-state index contributed by atoms with van der Waals surface area (Å²) in [5.74, 6) is 7.26. The molecular formula is C6H14N2O. The zero-order valence-corrected chi connectivity index (χ0v) is 5.81. The molecule has 1 heterocycles.